The highest BCUT2D eigenvalue weighted by Crippen LogP contribution is 2.49. The maximum Gasteiger partial charge on any atom is 0.157 e. The summed E-state index contributed by atoms with van der Waals surface area (Å²) in [6, 6.07) is 0. The lowest BCUT2D eigenvalue weighted by Gasteiger charge is -2.36. The van der Waals surface area contributed by atoms with Crippen LogP contribution < -0.4 is 5.32 Å². The molecule has 2 unspecified atom stereocenters. The van der Waals surface area contributed by atoms with Crippen LogP contribution in [0, 0.1) is 11.3 Å². The number of ether oxygens (including phenoxy) is 1. The Hall–Kier alpha value is -0.220. The molecule has 2 atom stereocenters. The van der Waals surface area contributed by atoms with Crippen molar-refractivity contribution >= 4 is 16.9 Å². The summed E-state index contributed by atoms with van der Waals surface area (Å²) in [4.78, 5) is 4.90. The van der Waals surface area contributed by atoms with Gasteiger partial charge in [0.2, 0.25) is 0 Å². The fourth-order valence-electron chi connectivity index (χ4n) is 3.72. The molecule has 1 aliphatic heterocycles. The Morgan fingerprint density at radius 3 is 2.95 bits per heavy atom. The molecule has 3 nitrogen and oxygen atoms in total. The van der Waals surface area contributed by atoms with Gasteiger partial charge in [0.15, 0.2) is 5.17 Å². The highest BCUT2D eigenvalue weighted by molar-refractivity contribution is 8.14. The Balaban J connectivity index is 1.53. The first-order valence-electron chi connectivity index (χ1n) is 8.10. The predicted octanol–water partition coefficient (Wildman–Crippen LogP) is 3.44. The van der Waals surface area contributed by atoms with Gasteiger partial charge in [-0.1, -0.05) is 31.5 Å². The minimum Gasteiger partial charge on any atom is -0.385 e. The fourth-order valence-corrected chi connectivity index (χ4v) is 4.91. The average molecular weight is 296 g/mol. The molecule has 3 aliphatic rings. The number of thioether (sulfide) groups is 1. The van der Waals surface area contributed by atoms with E-state index in [1.807, 2.05) is 11.8 Å². The average Bonchev–Trinajstić information content (AvgIpc) is 3.11. The van der Waals surface area contributed by atoms with Crippen LogP contribution in [-0.4, -0.2) is 36.7 Å². The van der Waals surface area contributed by atoms with Crippen LogP contribution >= 0.6 is 11.8 Å². The van der Waals surface area contributed by atoms with Crippen molar-refractivity contribution in [2.45, 2.75) is 57.4 Å². The molecule has 4 heteroatoms. The zero-order valence-electron chi connectivity index (χ0n) is 12.9. The van der Waals surface area contributed by atoms with Crippen LogP contribution in [0.25, 0.3) is 0 Å². The molecule has 20 heavy (non-hydrogen) atoms. The Labute approximate surface area is 127 Å². The normalized spacial score (nSPS) is 37.3. The largest absolute Gasteiger partial charge is 0.385 e. The lowest BCUT2D eigenvalue weighted by Crippen LogP contribution is -2.47. The standard InChI is InChI=1S/C16H28N2OS/c1-13-4-3-5-16(10-13)12-20-14(18-16)17-11-15(6-7-15)8-9-19-2/h13H,3-12H2,1-2H3,(H,17,18). The van der Waals surface area contributed by atoms with Gasteiger partial charge in [-0.2, -0.15) is 0 Å². The number of nitrogens with zero attached hydrogens (tertiary/aromatic N) is 1. The van der Waals surface area contributed by atoms with Crippen molar-refractivity contribution in [3.8, 4) is 0 Å². The molecule has 1 heterocycles. The highest BCUT2D eigenvalue weighted by atomic mass is 32.2. The molecule has 0 bridgehead atoms. The van der Waals surface area contributed by atoms with Gasteiger partial charge >= 0.3 is 0 Å². The van der Waals surface area contributed by atoms with Crippen LogP contribution in [0.5, 0.6) is 0 Å². The minimum absolute atomic E-state index is 0.365. The van der Waals surface area contributed by atoms with Crippen molar-refractivity contribution in [3.05, 3.63) is 0 Å². The van der Waals surface area contributed by atoms with Crippen molar-refractivity contribution in [3.63, 3.8) is 0 Å². The molecule has 1 saturated heterocycles. The number of aliphatic imine (C=N–C) groups is 1. The van der Waals surface area contributed by atoms with Gasteiger partial charge in [-0.05, 0) is 43.4 Å². The van der Waals surface area contributed by atoms with Gasteiger partial charge in [-0.15, -0.1) is 0 Å². The van der Waals surface area contributed by atoms with Gasteiger partial charge in [-0.3, -0.25) is 4.99 Å². The first-order chi connectivity index (χ1) is 9.65. The van der Waals surface area contributed by atoms with E-state index in [1.54, 1.807) is 7.11 Å². The third kappa shape index (κ3) is 3.33. The molecule has 0 aromatic carbocycles. The number of nitrogens with one attached hydrogen (secondary N) is 1. The number of methoxy groups -OCH3 is 1. The second kappa shape index (κ2) is 5.88. The Morgan fingerprint density at radius 1 is 1.40 bits per heavy atom. The van der Waals surface area contributed by atoms with Gasteiger partial charge in [-0.25, -0.2) is 0 Å². The van der Waals surface area contributed by atoms with E-state index in [0.29, 0.717) is 11.0 Å². The molecule has 3 rings (SSSR count). The van der Waals surface area contributed by atoms with Crippen LogP contribution in [0.3, 0.4) is 0 Å². The van der Waals surface area contributed by atoms with E-state index in [0.717, 1.165) is 19.1 Å². The molecular weight excluding hydrogens is 268 g/mol. The summed E-state index contributed by atoms with van der Waals surface area (Å²) in [7, 11) is 1.80. The van der Waals surface area contributed by atoms with E-state index in [-0.39, 0.29) is 0 Å². The quantitative estimate of drug-likeness (QED) is 0.843. The van der Waals surface area contributed by atoms with Gasteiger partial charge < -0.3 is 10.1 Å². The van der Waals surface area contributed by atoms with Crippen molar-refractivity contribution in [2.24, 2.45) is 16.3 Å². The second-order valence-electron chi connectivity index (χ2n) is 7.26. The molecule has 1 spiro atoms. The monoisotopic (exact) mass is 296 g/mol. The lowest BCUT2D eigenvalue weighted by atomic mass is 9.78. The van der Waals surface area contributed by atoms with Gasteiger partial charge in [0.25, 0.3) is 0 Å². The van der Waals surface area contributed by atoms with Crippen molar-refractivity contribution in [1.29, 1.82) is 0 Å². The number of rotatable bonds is 5. The molecule has 0 aromatic heterocycles. The molecule has 114 valence electrons. The molecule has 1 N–H and O–H groups in total. The molecule has 0 amide bonds. The van der Waals surface area contributed by atoms with Crippen molar-refractivity contribution in [2.75, 3.05) is 26.0 Å². The third-order valence-corrected chi connectivity index (χ3v) is 6.50. The zero-order valence-corrected chi connectivity index (χ0v) is 13.7. The highest BCUT2D eigenvalue weighted by Gasteiger charge is 2.43. The first-order valence-corrected chi connectivity index (χ1v) is 9.08. The van der Waals surface area contributed by atoms with Crippen LogP contribution in [-0.2, 0) is 4.74 Å². The van der Waals surface area contributed by atoms with Crippen LogP contribution in [0.4, 0.5) is 0 Å². The maximum absolute atomic E-state index is 5.22. The first kappa shape index (κ1) is 14.7. The van der Waals surface area contributed by atoms with E-state index >= 15 is 0 Å². The van der Waals surface area contributed by atoms with E-state index in [2.05, 4.69) is 12.2 Å². The smallest absolute Gasteiger partial charge is 0.157 e. The van der Waals surface area contributed by atoms with Gasteiger partial charge in [0.1, 0.15) is 0 Å². The number of hydrogen-bond acceptors (Lipinski definition) is 3. The summed E-state index contributed by atoms with van der Waals surface area (Å²) in [6.45, 7) is 4.27. The van der Waals surface area contributed by atoms with E-state index in [9.17, 15) is 0 Å². The summed E-state index contributed by atoms with van der Waals surface area (Å²) in [5.74, 6) is 2.09. The van der Waals surface area contributed by atoms with Gasteiger partial charge in [0, 0.05) is 31.6 Å². The third-order valence-electron chi connectivity index (χ3n) is 5.30. The van der Waals surface area contributed by atoms with Crippen molar-refractivity contribution in [1.82, 2.24) is 5.32 Å². The summed E-state index contributed by atoms with van der Waals surface area (Å²) in [6.07, 6.45) is 9.28. The summed E-state index contributed by atoms with van der Waals surface area (Å²) in [5.41, 5.74) is 0.839. The van der Waals surface area contributed by atoms with Crippen LogP contribution in [0.1, 0.15) is 51.9 Å². The van der Waals surface area contributed by atoms with Gasteiger partial charge in [0.05, 0.1) is 0 Å². The summed E-state index contributed by atoms with van der Waals surface area (Å²) in [5, 5.41) is 4.99. The second-order valence-corrected chi connectivity index (χ2v) is 8.22. The summed E-state index contributed by atoms with van der Waals surface area (Å²) >= 11 is 1.95. The SMILES string of the molecule is COCCC1(CN=C2NC3(CCCC(C)C3)CS2)CC1. The molecule has 0 aromatic rings. The topological polar surface area (TPSA) is 33.6 Å². The zero-order chi connectivity index (χ0) is 14.1. The summed E-state index contributed by atoms with van der Waals surface area (Å²) < 4.78 is 5.22. The van der Waals surface area contributed by atoms with E-state index in [4.69, 9.17) is 9.73 Å². The molecule has 2 saturated carbocycles. The lowest BCUT2D eigenvalue weighted by molar-refractivity contribution is 0.174. The fraction of sp³-hybridized carbons (Fsp3) is 0.938. The Bertz CT molecular complexity index is 381. The Morgan fingerprint density at radius 2 is 2.25 bits per heavy atom. The number of amidine groups is 1. The van der Waals surface area contributed by atoms with E-state index in [1.165, 1.54) is 55.9 Å². The molecule has 2 aliphatic carbocycles. The van der Waals surface area contributed by atoms with Crippen LogP contribution in [0.15, 0.2) is 4.99 Å². The molecule has 0 radical (unpaired) electrons. The molecule has 3 fully saturated rings. The van der Waals surface area contributed by atoms with E-state index < -0.39 is 0 Å². The maximum atomic E-state index is 5.22. The van der Waals surface area contributed by atoms with Crippen molar-refractivity contribution < 1.29 is 4.74 Å². The minimum atomic E-state index is 0.365. The Kier molecular flexibility index (Phi) is 4.32. The molecular formula is C16H28N2OS. The number of hydrogen-bond donors (Lipinski definition) is 1. The van der Waals surface area contributed by atoms with Crippen LogP contribution in [0.2, 0.25) is 0 Å². The predicted molar refractivity (Wildman–Crippen MR) is 86.4 cm³/mol.